The zero-order valence-corrected chi connectivity index (χ0v) is 10.8. The van der Waals surface area contributed by atoms with Crippen LogP contribution in [-0.4, -0.2) is 11.1 Å². The summed E-state index contributed by atoms with van der Waals surface area (Å²) in [6.45, 7) is 9.98. The van der Waals surface area contributed by atoms with Gasteiger partial charge in [-0.3, -0.25) is 0 Å². The SMILES string of the molecule is C=C(CCCC(C)CCC=C(C)C)C(=O)O. The summed E-state index contributed by atoms with van der Waals surface area (Å²) in [6, 6.07) is 0. The fourth-order valence-electron chi connectivity index (χ4n) is 1.57. The van der Waals surface area contributed by atoms with Crippen molar-refractivity contribution in [3.63, 3.8) is 0 Å². The minimum Gasteiger partial charge on any atom is -0.478 e. The first-order chi connectivity index (χ1) is 7.43. The van der Waals surface area contributed by atoms with Crippen molar-refractivity contribution in [2.24, 2.45) is 5.92 Å². The first kappa shape index (κ1) is 14.9. The third-order valence-corrected chi connectivity index (χ3v) is 2.69. The maximum absolute atomic E-state index is 10.5. The van der Waals surface area contributed by atoms with Gasteiger partial charge in [-0.1, -0.05) is 31.6 Å². The van der Waals surface area contributed by atoms with Crippen molar-refractivity contribution in [2.45, 2.75) is 52.9 Å². The van der Waals surface area contributed by atoms with Crippen LogP contribution in [0.4, 0.5) is 0 Å². The van der Waals surface area contributed by atoms with Crippen LogP contribution >= 0.6 is 0 Å². The molecular weight excluding hydrogens is 200 g/mol. The summed E-state index contributed by atoms with van der Waals surface area (Å²) < 4.78 is 0. The molecular formula is C14H24O2. The van der Waals surface area contributed by atoms with Gasteiger partial charge in [-0.05, 0) is 45.4 Å². The number of rotatable bonds is 8. The highest BCUT2D eigenvalue weighted by atomic mass is 16.4. The highest BCUT2D eigenvalue weighted by Gasteiger charge is 2.05. The molecule has 2 heteroatoms. The first-order valence-corrected chi connectivity index (χ1v) is 5.98. The smallest absolute Gasteiger partial charge is 0.330 e. The average molecular weight is 224 g/mol. The number of carbonyl (C=O) groups is 1. The highest BCUT2D eigenvalue weighted by molar-refractivity contribution is 5.85. The molecule has 0 aliphatic heterocycles. The van der Waals surface area contributed by atoms with E-state index in [2.05, 4.69) is 33.4 Å². The van der Waals surface area contributed by atoms with Gasteiger partial charge in [0.05, 0.1) is 0 Å². The molecule has 1 N–H and O–H groups in total. The Morgan fingerprint density at radius 2 is 2.00 bits per heavy atom. The Morgan fingerprint density at radius 1 is 1.38 bits per heavy atom. The van der Waals surface area contributed by atoms with Gasteiger partial charge in [-0.2, -0.15) is 0 Å². The second-order valence-corrected chi connectivity index (χ2v) is 4.76. The lowest BCUT2D eigenvalue weighted by Gasteiger charge is -2.09. The molecule has 0 bridgehead atoms. The van der Waals surface area contributed by atoms with Crippen LogP contribution in [0.3, 0.4) is 0 Å². The molecule has 0 spiro atoms. The molecule has 0 aromatic carbocycles. The van der Waals surface area contributed by atoms with E-state index in [-0.39, 0.29) is 0 Å². The molecule has 0 aliphatic carbocycles. The minimum atomic E-state index is -0.864. The standard InChI is InChI=1S/C14H24O2/c1-11(2)7-5-8-12(3)9-6-10-13(4)14(15)16/h7,12H,4-6,8-10H2,1-3H3,(H,15,16). The van der Waals surface area contributed by atoms with Gasteiger partial charge in [0.1, 0.15) is 0 Å². The number of carboxylic acids is 1. The van der Waals surface area contributed by atoms with Crippen LogP contribution in [0.2, 0.25) is 0 Å². The summed E-state index contributed by atoms with van der Waals surface area (Å²) in [5.41, 5.74) is 1.70. The van der Waals surface area contributed by atoms with Crippen LogP contribution in [0, 0.1) is 5.92 Å². The first-order valence-electron chi connectivity index (χ1n) is 5.98. The van der Waals surface area contributed by atoms with Crippen molar-refractivity contribution >= 4 is 5.97 Å². The maximum atomic E-state index is 10.5. The molecule has 0 amide bonds. The van der Waals surface area contributed by atoms with Crippen molar-refractivity contribution in [1.29, 1.82) is 0 Å². The third kappa shape index (κ3) is 8.27. The van der Waals surface area contributed by atoms with Gasteiger partial charge < -0.3 is 5.11 Å². The summed E-state index contributed by atoms with van der Waals surface area (Å²) >= 11 is 0. The van der Waals surface area contributed by atoms with Gasteiger partial charge in [0.25, 0.3) is 0 Å². The minimum absolute atomic E-state index is 0.330. The van der Waals surface area contributed by atoms with Crippen LogP contribution in [-0.2, 0) is 4.79 Å². The van der Waals surface area contributed by atoms with Gasteiger partial charge >= 0.3 is 5.97 Å². The van der Waals surface area contributed by atoms with Crippen LogP contribution in [0.5, 0.6) is 0 Å². The highest BCUT2D eigenvalue weighted by Crippen LogP contribution is 2.16. The Hall–Kier alpha value is -1.05. The predicted octanol–water partition coefficient (Wildman–Crippen LogP) is 4.18. The topological polar surface area (TPSA) is 37.3 Å². The van der Waals surface area contributed by atoms with E-state index in [1.807, 2.05) is 0 Å². The molecule has 0 aliphatic rings. The van der Waals surface area contributed by atoms with E-state index in [1.165, 1.54) is 12.0 Å². The van der Waals surface area contributed by atoms with Crippen molar-refractivity contribution < 1.29 is 9.90 Å². The number of hydrogen-bond acceptors (Lipinski definition) is 1. The maximum Gasteiger partial charge on any atom is 0.330 e. The number of carboxylic acid groups (broad SMARTS) is 1. The fourth-order valence-corrected chi connectivity index (χ4v) is 1.57. The second kappa shape index (κ2) is 8.14. The van der Waals surface area contributed by atoms with E-state index in [0.717, 1.165) is 19.3 Å². The fraction of sp³-hybridized carbons (Fsp3) is 0.643. The van der Waals surface area contributed by atoms with Gasteiger partial charge in [0, 0.05) is 5.57 Å². The number of aliphatic carboxylic acids is 1. The van der Waals surface area contributed by atoms with E-state index in [1.54, 1.807) is 0 Å². The van der Waals surface area contributed by atoms with Gasteiger partial charge in [0.2, 0.25) is 0 Å². The van der Waals surface area contributed by atoms with Gasteiger partial charge in [-0.25, -0.2) is 4.79 Å². The molecule has 0 aromatic heterocycles. The van der Waals surface area contributed by atoms with Gasteiger partial charge in [0.15, 0.2) is 0 Å². The summed E-state index contributed by atoms with van der Waals surface area (Å²) in [7, 11) is 0. The van der Waals surface area contributed by atoms with Crippen LogP contribution in [0.25, 0.3) is 0 Å². The quantitative estimate of drug-likeness (QED) is 0.496. The van der Waals surface area contributed by atoms with E-state index in [4.69, 9.17) is 5.11 Å². The molecule has 0 saturated heterocycles. The number of allylic oxidation sites excluding steroid dienone is 2. The molecule has 92 valence electrons. The molecule has 0 rings (SSSR count). The van der Waals surface area contributed by atoms with Crippen LogP contribution in [0.1, 0.15) is 52.9 Å². The summed E-state index contributed by atoms with van der Waals surface area (Å²) in [6.07, 6.45) is 7.20. The average Bonchev–Trinajstić information content (AvgIpc) is 2.16. The normalized spacial score (nSPS) is 11.9. The zero-order chi connectivity index (χ0) is 12.6. The molecule has 0 fully saturated rings. The predicted molar refractivity (Wildman–Crippen MR) is 68.5 cm³/mol. The van der Waals surface area contributed by atoms with E-state index >= 15 is 0 Å². The summed E-state index contributed by atoms with van der Waals surface area (Å²) in [4.78, 5) is 10.5. The Kier molecular flexibility index (Phi) is 7.61. The van der Waals surface area contributed by atoms with E-state index in [0.29, 0.717) is 17.9 Å². The third-order valence-electron chi connectivity index (χ3n) is 2.69. The van der Waals surface area contributed by atoms with E-state index in [9.17, 15) is 4.79 Å². The second-order valence-electron chi connectivity index (χ2n) is 4.76. The van der Waals surface area contributed by atoms with Crippen molar-refractivity contribution in [3.8, 4) is 0 Å². The Bertz CT molecular complexity index is 260. The molecule has 1 unspecified atom stereocenters. The Balaban J connectivity index is 3.58. The van der Waals surface area contributed by atoms with Gasteiger partial charge in [-0.15, -0.1) is 0 Å². The van der Waals surface area contributed by atoms with Crippen molar-refractivity contribution in [2.75, 3.05) is 0 Å². The zero-order valence-electron chi connectivity index (χ0n) is 10.8. The van der Waals surface area contributed by atoms with Crippen LogP contribution < -0.4 is 0 Å². The molecule has 0 radical (unpaired) electrons. The molecule has 0 heterocycles. The lowest BCUT2D eigenvalue weighted by atomic mass is 9.97. The molecule has 0 saturated carbocycles. The Labute approximate surface area is 99.1 Å². The molecule has 0 aromatic rings. The van der Waals surface area contributed by atoms with Crippen molar-refractivity contribution in [3.05, 3.63) is 23.8 Å². The monoisotopic (exact) mass is 224 g/mol. The van der Waals surface area contributed by atoms with Crippen LogP contribution in [0.15, 0.2) is 23.8 Å². The lowest BCUT2D eigenvalue weighted by molar-refractivity contribution is -0.132. The Morgan fingerprint density at radius 3 is 2.50 bits per heavy atom. The molecule has 1 atom stereocenters. The summed E-state index contributed by atoms with van der Waals surface area (Å²) in [5, 5.41) is 8.64. The molecule has 2 nitrogen and oxygen atoms in total. The lowest BCUT2D eigenvalue weighted by Crippen LogP contribution is -2.00. The largest absolute Gasteiger partial charge is 0.478 e. The van der Waals surface area contributed by atoms with Crippen molar-refractivity contribution in [1.82, 2.24) is 0 Å². The number of hydrogen-bond donors (Lipinski definition) is 1. The summed E-state index contributed by atoms with van der Waals surface area (Å²) in [5.74, 6) is -0.200. The molecule has 16 heavy (non-hydrogen) atoms. The van der Waals surface area contributed by atoms with E-state index < -0.39 is 5.97 Å².